The molecule has 1 aromatic carbocycles. The SMILES string of the molecule is CCC(=O)NCCN1C(=O)C(C)(C)Oc2cc(C(F)(F)F)c(C(=O)N(C(C)C)C3CCCCC3)cc21. The summed E-state index contributed by atoms with van der Waals surface area (Å²) in [6, 6.07) is 1.52. The Balaban J connectivity index is 2.10. The van der Waals surface area contributed by atoms with Crippen molar-refractivity contribution in [1.29, 1.82) is 0 Å². The van der Waals surface area contributed by atoms with Crippen LogP contribution < -0.4 is 15.0 Å². The van der Waals surface area contributed by atoms with Gasteiger partial charge in [0.25, 0.3) is 11.8 Å². The van der Waals surface area contributed by atoms with Gasteiger partial charge < -0.3 is 19.9 Å². The number of nitrogens with zero attached hydrogens (tertiary/aromatic N) is 2. The fraction of sp³-hybridized carbons (Fsp3) is 0.654. The Hall–Kier alpha value is -2.78. The van der Waals surface area contributed by atoms with Crippen LogP contribution in [0.1, 0.15) is 89.1 Å². The van der Waals surface area contributed by atoms with Crippen LogP contribution in [0.5, 0.6) is 5.75 Å². The van der Waals surface area contributed by atoms with E-state index in [1.807, 2.05) is 0 Å². The van der Waals surface area contributed by atoms with E-state index in [2.05, 4.69) is 5.32 Å². The van der Waals surface area contributed by atoms with Gasteiger partial charge in [0, 0.05) is 31.6 Å². The predicted molar refractivity (Wildman–Crippen MR) is 130 cm³/mol. The van der Waals surface area contributed by atoms with Crippen LogP contribution in [0, 0.1) is 0 Å². The molecule has 10 heteroatoms. The van der Waals surface area contributed by atoms with Gasteiger partial charge in [-0.1, -0.05) is 26.2 Å². The summed E-state index contributed by atoms with van der Waals surface area (Å²) >= 11 is 0. The maximum absolute atomic E-state index is 14.2. The molecule has 1 aromatic rings. The molecule has 3 rings (SSSR count). The van der Waals surface area contributed by atoms with Crippen LogP contribution in [0.2, 0.25) is 0 Å². The molecular weight excluding hydrogens is 475 g/mol. The second-order valence-electron chi connectivity index (χ2n) is 10.2. The van der Waals surface area contributed by atoms with Crippen molar-refractivity contribution in [3.05, 3.63) is 23.3 Å². The van der Waals surface area contributed by atoms with E-state index in [1.165, 1.54) is 18.7 Å². The molecule has 0 atom stereocenters. The van der Waals surface area contributed by atoms with Gasteiger partial charge in [-0.05, 0) is 52.7 Å². The van der Waals surface area contributed by atoms with Gasteiger partial charge in [0.1, 0.15) is 5.75 Å². The van der Waals surface area contributed by atoms with Crippen molar-refractivity contribution in [3.63, 3.8) is 0 Å². The van der Waals surface area contributed by atoms with Crippen molar-refractivity contribution >= 4 is 23.4 Å². The lowest BCUT2D eigenvalue weighted by Gasteiger charge is -2.40. The standard InChI is InChI=1S/C26H36F3N3O4/c1-6-22(33)30-12-13-31-20-14-18(23(34)32(16(2)3)17-10-8-7-9-11-17)19(26(27,28)29)15-21(20)36-25(4,5)24(31)35/h14-17H,6-13H2,1-5H3,(H,30,33). The number of carbonyl (C=O) groups excluding carboxylic acids is 3. The first-order chi connectivity index (χ1) is 16.8. The topological polar surface area (TPSA) is 79.0 Å². The number of hydrogen-bond donors (Lipinski definition) is 1. The van der Waals surface area contributed by atoms with Crippen molar-refractivity contribution in [2.75, 3.05) is 18.0 Å². The van der Waals surface area contributed by atoms with Gasteiger partial charge in [-0.25, -0.2) is 0 Å². The molecule has 0 saturated heterocycles. The first kappa shape index (κ1) is 27.8. The van der Waals surface area contributed by atoms with Gasteiger partial charge in [-0.15, -0.1) is 0 Å². The van der Waals surface area contributed by atoms with E-state index in [0.717, 1.165) is 44.2 Å². The van der Waals surface area contributed by atoms with Gasteiger partial charge in [-0.2, -0.15) is 13.2 Å². The number of alkyl halides is 3. The Labute approximate surface area is 210 Å². The van der Waals surface area contributed by atoms with Crippen molar-refractivity contribution in [1.82, 2.24) is 10.2 Å². The van der Waals surface area contributed by atoms with E-state index in [-0.39, 0.29) is 48.9 Å². The molecule has 0 aromatic heterocycles. The number of hydrogen-bond acceptors (Lipinski definition) is 4. The number of amides is 3. The molecule has 1 heterocycles. The highest BCUT2D eigenvalue weighted by Gasteiger charge is 2.45. The minimum absolute atomic E-state index is 0.0277. The Bertz CT molecular complexity index is 1000. The van der Waals surface area contributed by atoms with Crippen molar-refractivity contribution in [2.24, 2.45) is 0 Å². The molecule has 2 aliphatic rings. The molecule has 0 spiro atoms. The molecular formula is C26H36F3N3O4. The summed E-state index contributed by atoms with van der Waals surface area (Å²) in [4.78, 5) is 41.4. The van der Waals surface area contributed by atoms with Gasteiger partial charge in [0.05, 0.1) is 16.8 Å². The second kappa shape index (κ2) is 10.7. The molecule has 1 saturated carbocycles. The number of ether oxygens (including phenoxy) is 1. The lowest BCUT2D eigenvalue weighted by Crippen LogP contribution is -2.54. The summed E-state index contributed by atoms with van der Waals surface area (Å²) in [6.07, 6.45) is -0.159. The summed E-state index contributed by atoms with van der Waals surface area (Å²) in [7, 11) is 0. The molecule has 1 aliphatic heterocycles. The highest BCUT2D eigenvalue weighted by Crippen LogP contribution is 2.44. The van der Waals surface area contributed by atoms with Gasteiger partial charge >= 0.3 is 6.18 Å². The van der Waals surface area contributed by atoms with Crippen LogP contribution in [0.15, 0.2) is 12.1 Å². The quantitative estimate of drug-likeness (QED) is 0.564. The molecule has 1 fully saturated rings. The zero-order valence-electron chi connectivity index (χ0n) is 21.6. The van der Waals surface area contributed by atoms with E-state index in [1.54, 1.807) is 25.7 Å². The molecule has 36 heavy (non-hydrogen) atoms. The zero-order valence-corrected chi connectivity index (χ0v) is 21.6. The fourth-order valence-corrected chi connectivity index (χ4v) is 5.00. The number of benzene rings is 1. The van der Waals surface area contributed by atoms with Crippen LogP contribution in [0.4, 0.5) is 18.9 Å². The third-order valence-electron chi connectivity index (χ3n) is 6.79. The average molecular weight is 512 g/mol. The number of rotatable bonds is 7. The molecule has 1 aliphatic carbocycles. The molecule has 200 valence electrons. The van der Waals surface area contributed by atoms with Crippen molar-refractivity contribution < 1.29 is 32.3 Å². The Morgan fingerprint density at radius 1 is 1.19 bits per heavy atom. The first-order valence-corrected chi connectivity index (χ1v) is 12.6. The summed E-state index contributed by atoms with van der Waals surface area (Å²) in [5.74, 6) is -1.51. The third-order valence-corrected chi connectivity index (χ3v) is 6.79. The molecule has 1 N–H and O–H groups in total. The number of nitrogens with one attached hydrogen (secondary N) is 1. The van der Waals surface area contributed by atoms with Crippen LogP contribution in [-0.4, -0.2) is 53.4 Å². The maximum atomic E-state index is 14.2. The van der Waals surface area contributed by atoms with Crippen LogP contribution >= 0.6 is 0 Å². The van der Waals surface area contributed by atoms with Gasteiger partial charge in [0.2, 0.25) is 5.91 Å². The Morgan fingerprint density at radius 3 is 2.39 bits per heavy atom. The Kier molecular flexibility index (Phi) is 8.25. The minimum atomic E-state index is -4.80. The highest BCUT2D eigenvalue weighted by atomic mass is 19.4. The number of carbonyl (C=O) groups is 3. The van der Waals surface area contributed by atoms with Crippen LogP contribution in [0.25, 0.3) is 0 Å². The monoisotopic (exact) mass is 511 g/mol. The Morgan fingerprint density at radius 2 is 1.83 bits per heavy atom. The third kappa shape index (κ3) is 5.78. The molecule has 7 nitrogen and oxygen atoms in total. The molecule has 3 amide bonds. The summed E-state index contributed by atoms with van der Waals surface area (Å²) in [5, 5.41) is 2.68. The smallest absolute Gasteiger partial charge is 0.417 e. The average Bonchev–Trinajstić information content (AvgIpc) is 2.80. The largest absolute Gasteiger partial charge is 0.476 e. The number of fused-ring (bicyclic) bond motifs is 1. The highest BCUT2D eigenvalue weighted by molar-refractivity contribution is 6.05. The van der Waals surface area contributed by atoms with E-state index in [9.17, 15) is 27.6 Å². The molecule has 0 unspecified atom stereocenters. The zero-order chi connectivity index (χ0) is 26.8. The van der Waals surface area contributed by atoms with E-state index in [0.29, 0.717) is 0 Å². The van der Waals surface area contributed by atoms with E-state index in [4.69, 9.17) is 4.74 Å². The van der Waals surface area contributed by atoms with Gasteiger partial charge in [0.15, 0.2) is 5.60 Å². The number of anilines is 1. The molecule has 0 bridgehead atoms. The van der Waals surface area contributed by atoms with Crippen LogP contribution in [0.3, 0.4) is 0 Å². The second-order valence-corrected chi connectivity index (χ2v) is 10.2. The van der Waals surface area contributed by atoms with Crippen LogP contribution in [-0.2, 0) is 15.8 Å². The maximum Gasteiger partial charge on any atom is 0.417 e. The predicted octanol–water partition coefficient (Wildman–Crippen LogP) is 4.92. The van der Waals surface area contributed by atoms with Gasteiger partial charge in [-0.3, -0.25) is 14.4 Å². The summed E-state index contributed by atoms with van der Waals surface area (Å²) in [6.45, 7) is 8.39. The van der Waals surface area contributed by atoms with E-state index >= 15 is 0 Å². The first-order valence-electron chi connectivity index (χ1n) is 12.6. The van der Waals surface area contributed by atoms with Crippen molar-refractivity contribution in [2.45, 2.75) is 97.0 Å². The lowest BCUT2D eigenvalue weighted by molar-refractivity contribution is -0.138. The number of halogens is 3. The van der Waals surface area contributed by atoms with Crippen molar-refractivity contribution in [3.8, 4) is 5.75 Å². The lowest BCUT2D eigenvalue weighted by atomic mass is 9.92. The normalized spacial score (nSPS) is 18.0. The van der Waals surface area contributed by atoms with E-state index < -0.39 is 34.7 Å². The molecule has 0 radical (unpaired) electrons. The summed E-state index contributed by atoms with van der Waals surface area (Å²) in [5.41, 5.74) is -2.91. The summed E-state index contributed by atoms with van der Waals surface area (Å²) < 4.78 is 48.4. The minimum Gasteiger partial charge on any atom is -0.476 e. The fourth-order valence-electron chi connectivity index (χ4n) is 5.00.